The van der Waals surface area contributed by atoms with Gasteiger partial charge in [0, 0.05) is 17.7 Å². The van der Waals surface area contributed by atoms with Crippen LogP contribution in [-0.4, -0.2) is 12.3 Å². The summed E-state index contributed by atoms with van der Waals surface area (Å²) in [6.45, 7) is 8.45. The molecule has 0 spiro atoms. The lowest BCUT2D eigenvalue weighted by molar-refractivity contribution is 0.311. The van der Waals surface area contributed by atoms with E-state index in [4.69, 9.17) is 5.41 Å². The first-order valence-electron chi connectivity index (χ1n) is 8.95. The molecule has 0 atom stereocenters. The van der Waals surface area contributed by atoms with Crippen molar-refractivity contribution in [2.45, 2.75) is 33.1 Å². The molecule has 1 aliphatic carbocycles. The Labute approximate surface area is 153 Å². The van der Waals surface area contributed by atoms with Crippen LogP contribution in [0.25, 0.3) is 11.1 Å². The van der Waals surface area contributed by atoms with Gasteiger partial charge >= 0.3 is 0 Å². The normalized spacial score (nSPS) is 14.0. The zero-order chi connectivity index (χ0) is 18.8. The van der Waals surface area contributed by atoms with E-state index in [1.807, 2.05) is 13.0 Å². The molecule has 0 amide bonds. The van der Waals surface area contributed by atoms with Crippen molar-refractivity contribution in [3.05, 3.63) is 70.9 Å². The molecule has 1 saturated carbocycles. The lowest BCUT2D eigenvalue weighted by Gasteiger charge is -2.26. The number of rotatable bonds is 6. The minimum Gasteiger partial charge on any atom is -0.384 e. The van der Waals surface area contributed by atoms with Gasteiger partial charge < -0.3 is 5.32 Å². The van der Waals surface area contributed by atoms with Crippen LogP contribution in [0.3, 0.4) is 0 Å². The van der Waals surface area contributed by atoms with E-state index in [1.165, 1.54) is 25.3 Å². The number of hydrogen-bond acceptors (Lipinski definition) is 2. The molecule has 26 heavy (non-hydrogen) atoms. The molecule has 4 heteroatoms. The number of aryl methyl sites for hydroxylation is 2. The van der Waals surface area contributed by atoms with Crippen LogP contribution >= 0.6 is 0 Å². The maximum absolute atomic E-state index is 14.3. The van der Waals surface area contributed by atoms with Gasteiger partial charge in [0.05, 0.1) is 11.4 Å². The van der Waals surface area contributed by atoms with Crippen molar-refractivity contribution in [1.29, 1.82) is 5.41 Å². The monoisotopic (exact) mass is 354 g/mol. The first kappa shape index (κ1) is 18.3. The highest BCUT2D eigenvalue weighted by molar-refractivity contribution is 6.11. The molecule has 0 unspecified atom stereocenters. The third-order valence-corrected chi connectivity index (χ3v) is 5.12. The highest BCUT2D eigenvalue weighted by Crippen LogP contribution is 2.29. The molecular formula is C22H24F2N2. The highest BCUT2D eigenvalue weighted by atomic mass is 19.2. The summed E-state index contributed by atoms with van der Waals surface area (Å²) in [4.78, 5) is 0. The summed E-state index contributed by atoms with van der Waals surface area (Å²) in [6.07, 6.45) is 3.72. The molecule has 0 heterocycles. The number of allylic oxidation sites excluding steroid dienone is 1. The fourth-order valence-electron chi connectivity index (χ4n) is 3.21. The van der Waals surface area contributed by atoms with E-state index in [-0.39, 0.29) is 11.3 Å². The Hall–Kier alpha value is -2.49. The van der Waals surface area contributed by atoms with Gasteiger partial charge in [0.15, 0.2) is 11.6 Å². The molecule has 1 aliphatic rings. The minimum atomic E-state index is -0.862. The van der Waals surface area contributed by atoms with Crippen molar-refractivity contribution in [1.82, 2.24) is 5.32 Å². The third-order valence-electron chi connectivity index (χ3n) is 5.12. The van der Waals surface area contributed by atoms with Gasteiger partial charge in [0.2, 0.25) is 0 Å². The summed E-state index contributed by atoms with van der Waals surface area (Å²) in [7, 11) is 0. The van der Waals surface area contributed by atoms with Gasteiger partial charge in [0.25, 0.3) is 0 Å². The molecule has 1 fully saturated rings. The number of nitrogens with one attached hydrogen (secondary N) is 2. The van der Waals surface area contributed by atoms with Crippen LogP contribution in [0.15, 0.2) is 42.6 Å². The van der Waals surface area contributed by atoms with Crippen LogP contribution in [0, 0.1) is 36.8 Å². The van der Waals surface area contributed by atoms with Gasteiger partial charge in [-0.15, -0.1) is 0 Å². The molecule has 3 rings (SSSR count). The molecular weight excluding hydrogens is 330 g/mol. The van der Waals surface area contributed by atoms with Gasteiger partial charge in [-0.1, -0.05) is 25.1 Å². The van der Waals surface area contributed by atoms with E-state index in [9.17, 15) is 8.78 Å². The Morgan fingerprint density at radius 2 is 1.92 bits per heavy atom. The van der Waals surface area contributed by atoms with E-state index < -0.39 is 11.6 Å². The molecule has 0 aromatic heterocycles. The molecule has 0 saturated heterocycles. The number of benzene rings is 2. The first-order chi connectivity index (χ1) is 12.4. The van der Waals surface area contributed by atoms with Crippen LogP contribution in [0.5, 0.6) is 0 Å². The minimum absolute atomic E-state index is 0.213. The van der Waals surface area contributed by atoms with Crippen molar-refractivity contribution < 1.29 is 8.78 Å². The molecule has 0 aliphatic heterocycles. The van der Waals surface area contributed by atoms with E-state index in [2.05, 4.69) is 11.9 Å². The predicted octanol–water partition coefficient (Wildman–Crippen LogP) is 5.52. The number of halogens is 2. The van der Waals surface area contributed by atoms with Gasteiger partial charge in [-0.3, -0.25) is 5.41 Å². The molecule has 0 bridgehead atoms. The largest absolute Gasteiger partial charge is 0.384 e. The lowest BCUT2D eigenvalue weighted by atomic mass is 9.85. The Bertz CT molecular complexity index is 867. The fraction of sp³-hybridized carbons (Fsp3) is 0.318. The zero-order valence-electron chi connectivity index (χ0n) is 15.3. The maximum Gasteiger partial charge on any atom is 0.166 e. The Morgan fingerprint density at radius 1 is 1.19 bits per heavy atom. The topological polar surface area (TPSA) is 35.9 Å². The Balaban J connectivity index is 1.88. The van der Waals surface area contributed by atoms with Crippen LogP contribution in [0.2, 0.25) is 0 Å². The zero-order valence-corrected chi connectivity index (χ0v) is 15.3. The fourth-order valence-corrected chi connectivity index (χ4v) is 3.21. The third kappa shape index (κ3) is 3.69. The molecule has 136 valence electrons. The second-order valence-corrected chi connectivity index (χ2v) is 7.17. The molecule has 2 nitrogen and oxygen atoms in total. The smallest absolute Gasteiger partial charge is 0.166 e. The summed E-state index contributed by atoms with van der Waals surface area (Å²) in [5.74, 6) is -1.06. The van der Waals surface area contributed by atoms with Crippen molar-refractivity contribution in [3.8, 4) is 11.1 Å². The van der Waals surface area contributed by atoms with Crippen LogP contribution in [-0.2, 0) is 0 Å². The lowest BCUT2D eigenvalue weighted by Crippen LogP contribution is -2.29. The summed E-state index contributed by atoms with van der Waals surface area (Å²) in [5, 5.41) is 11.7. The van der Waals surface area contributed by atoms with Crippen LogP contribution < -0.4 is 5.32 Å². The van der Waals surface area contributed by atoms with Crippen LogP contribution in [0.1, 0.15) is 36.0 Å². The summed E-state index contributed by atoms with van der Waals surface area (Å²) >= 11 is 0. The second-order valence-electron chi connectivity index (χ2n) is 7.17. The molecule has 2 aromatic carbocycles. The van der Waals surface area contributed by atoms with Crippen molar-refractivity contribution in [2.75, 3.05) is 6.54 Å². The Kier molecular flexibility index (Phi) is 5.21. The van der Waals surface area contributed by atoms with Crippen LogP contribution in [0.4, 0.5) is 8.78 Å². The van der Waals surface area contributed by atoms with Gasteiger partial charge in [-0.2, -0.15) is 0 Å². The average Bonchev–Trinajstić information content (AvgIpc) is 2.56. The Morgan fingerprint density at radius 3 is 2.58 bits per heavy atom. The first-order valence-corrected chi connectivity index (χ1v) is 8.95. The highest BCUT2D eigenvalue weighted by Gasteiger charge is 2.19. The summed E-state index contributed by atoms with van der Waals surface area (Å²) in [5.41, 5.74) is 3.86. The van der Waals surface area contributed by atoms with E-state index >= 15 is 0 Å². The molecule has 2 N–H and O–H groups in total. The average molecular weight is 354 g/mol. The van der Waals surface area contributed by atoms with E-state index in [0.717, 1.165) is 12.1 Å². The maximum atomic E-state index is 14.3. The summed E-state index contributed by atoms with van der Waals surface area (Å²) in [6, 6.07) is 8.14. The van der Waals surface area contributed by atoms with Crippen molar-refractivity contribution in [3.63, 3.8) is 0 Å². The SMILES string of the molecule is C=C(NCC1CCC1)C(=N)c1cc(-c2cc(C)cc(F)c2F)ccc1C. The second kappa shape index (κ2) is 7.40. The van der Waals surface area contributed by atoms with Gasteiger partial charge in [-0.25, -0.2) is 8.78 Å². The van der Waals surface area contributed by atoms with Gasteiger partial charge in [-0.05, 0) is 67.5 Å². The predicted molar refractivity (Wildman–Crippen MR) is 103 cm³/mol. The summed E-state index contributed by atoms with van der Waals surface area (Å²) < 4.78 is 28.0. The standard InChI is InChI=1S/C22H24F2N2/c1-13-9-19(21(24)20(23)10-13)17-8-7-14(2)18(11-17)22(25)15(3)26-12-16-5-4-6-16/h7-11,16,25-26H,3-6,12H2,1-2H3. The van der Waals surface area contributed by atoms with E-state index in [1.54, 1.807) is 25.1 Å². The molecule has 2 aromatic rings. The van der Waals surface area contributed by atoms with Crippen molar-refractivity contribution in [2.24, 2.45) is 5.92 Å². The molecule has 0 radical (unpaired) electrons. The van der Waals surface area contributed by atoms with E-state index in [0.29, 0.717) is 28.3 Å². The number of hydrogen-bond donors (Lipinski definition) is 2. The quantitative estimate of drug-likeness (QED) is 0.658. The van der Waals surface area contributed by atoms with Gasteiger partial charge in [0.1, 0.15) is 0 Å². The van der Waals surface area contributed by atoms with Crippen molar-refractivity contribution >= 4 is 5.71 Å².